The van der Waals surface area contributed by atoms with Gasteiger partial charge in [-0.05, 0) is 35.9 Å². The second-order valence-corrected chi connectivity index (χ2v) is 11.3. The van der Waals surface area contributed by atoms with E-state index in [1.165, 1.54) is 24.3 Å². The van der Waals surface area contributed by atoms with Crippen molar-refractivity contribution in [3.63, 3.8) is 0 Å². The number of hydrogen-bond acceptors (Lipinski definition) is 4. The van der Waals surface area contributed by atoms with E-state index in [4.69, 9.17) is 0 Å². The highest BCUT2D eigenvalue weighted by Gasteiger charge is 2.40. The third kappa shape index (κ3) is 3.59. The fourth-order valence-electron chi connectivity index (χ4n) is 3.39. The van der Waals surface area contributed by atoms with Crippen molar-refractivity contribution in [3.8, 4) is 0 Å². The number of nitrogens with one attached hydrogen (secondary N) is 1. The van der Waals surface area contributed by atoms with Gasteiger partial charge in [-0.1, -0.05) is 54.6 Å². The van der Waals surface area contributed by atoms with Gasteiger partial charge in [0.1, 0.15) is 0 Å². The predicted octanol–water partition coefficient (Wildman–Crippen LogP) is 3.98. The molecule has 148 valence electrons. The lowest BCUT2D eigenvalue weighted by molar-refractivity contribution is 0.573. The summed E-state index contributed by atoms with van der Waals surface area (Å²) in [4.78, 5) is 3.07. The van der Waals surface area contributed by atoms with Crippen molar-refractivity contribution in [2.75, 3.05) is 0 Å². The molecule has 0 amide bonds. The number of aromatic amines is 1. The minimum Gasteiger partial charge on any atom is -0.361 e. The number of para-hydroxylation sites is 1. The maximum Gasteiger partial charge on any atom is 0.196 e. The Labute approximate surface area is 169 Å². The minimum atomic E-state index is -4.15. The van der Waals surface area contributed by atoms with Crippen LogP contribution in [-0.4, -0.2) is 26.4 Å². The molecule has 3 aromatic carbocycles. The van der Waals surface area contributed by atoms with Gasteiger partial charge in [0.05, 0.1) is 9.79 Å². The van der Waals surface area contributed by atoms with E-state index in [0.29, 0.717) is 5.56 Å². The lowest BCUT2D eigenvalue weighted by Gasteiger charge is -2.18. The Morgan fingerprint density at radius 2 is 1.14 bits per heavy atom. The lowest BCUT2D eigenvalue weighted by atomic mass is 10.1. The average Bonchev–Trinajstić information content (AvgIpc) is 3.16. The molecule has 0 saturated heterocycles. The van der Waals surface area contributed by atoms with E-state index < -0.39 is 24.3 Å². The molecule has 0 aliphatic heterocycles. The van der Waals surface area contributed by atoms with E-state index in [0.717, 1.165) is 10.9 Å². The Kier molecular flexibility index (Phi) is 5.02. The Balaban J connectivity index is 1.88. The molecule has 29 heavy (non-hydrogen) atoms. The first-order valence-corrected chi connectivity index (χ1v) is 12.1. The van der Waals surface area contributed by atoms with Crippen LogP contribution in [-0.2, 0) is 26.1 Å². The van der Waals surface area contributed by atoms with Gasteiger partial charge >= 0.3 is 0 Å². The molecule has 1 aromatic heterocycles. The highest BCUT2D eigenvalue weighted by molar-refractivity contribution is 8.09. The van der Waals surface area contributed by atoms with Crippen molar-refractivity contribution in [2.45, 2.75) is 20.8 Å². The highest BCUT2D eigenvalue weighted by Crippen LogP contribution is 2.30. The van der Waals surface area contributed by atoms with Crippen LogP contribution >= 0.6 is 0 Å². The molecule has 0 bridgehead atoms. The molecule has 0 fully saturated rings. The molecular weight excluding hydrogens is 406 g/mol. The van der Waals surface area contributed by atoms with Gasteiger partial charge in [-0.2, -0.15) is 0 Å². The van der Waals surface area contributed by atoms with E-state index in [-0.39, 0.29) is 16.2 Å². The molecule has 0 aliphatic carbocycles. The lowest BCUT2D eigenvalue weighted by Crippen LogP contribution is -2.33. The van der Waals surface area contributed by atoms with Crippen LogP contribution in [0, 0.1) is 0 Å². The zero-order chi connectivity index (χ0) is 20.5. The second kappa shape index (κ2) is 7.50. The van der Waals surface area contributed by atoms with Gasteiger partial charge in [-0.25, -0.2) is 16.8 Å². The maximum absolute atomic E-state index is 13.4. The molecule has 0 atom stereocenters. The van der Waals surface area contributed by atoms with Gasteiger partial charge in [-0.3, -0.25) is 0 Å². The third-order valence-electron chi connectivity index (χ3n) is 4.90. The topological polar surface area (TPSA) is 84.1 Å². The van der Waals surface area contributed by atoms with Crippen molar-refractivity contribution in [1.82, 2.24) is 4.98 Å². The quantitative estimate of drug-likeness (QED) is 0.506. The van der Waals surface area contributed by atoms with Gasteiger partial charge in [0.15, 0.2) is 24.3 Å². The largest absolute Gasteiger partial charge is 0.361 e. The van der Waals surface area contributed by atoms with Crippen LogP contribution in [0.1, 0.15) is 5.56 Å². The van der Waals surface area contributed by atoms with E-state index in [2.05, 4.69) is 4.98 Å². The summed E-state index contributed by atoms with van der Waals surface area (Å²) < 4.78 is 52.1. The second-order valence-electron chi connectivity index (χ2n) is 6.71. The third-order valence-corrected chi connectivity index (χ3v) is 9.99. The summed E-state index contributed by atoms with van der Waals surface area (Å²) in [7, 11) is -8.31. The summed E-state index contributed by atoms with van der Waals surface area (Å²) >= 11 is 0. The smallest absolute Gasteiger partial charge is 0.196 e. The minimum absolute atomic E-state index is 0.00986. The molecule has 0 saturated carbocycles. The number of hydrogen-bond donors (Lipinski definition) is 1. The van der Waals surface area contributed by atoms with Crippen LogP contribution in [0.5, 0.6) is 0 Å². The van der Waals surface area contributed by atoms with E-state index in [1.807, 2.05) is 24.3 Å². The van der Waals surface area contributed by atoms with Crippen LogP contribution < -0.4 is 0 Å². The van der Waals surface area contributed by atoms with Crippen LogP contribution in [0.3, 0.4) is 0 Å². The number of sulfone groups is 2. The van der Waals surface area contributed by atoms with Crippen LogP contribution in [0.2, 0.25) is 0 Å². The van der Waals surface area contributed by atoms with Crippen LogP contribution in [0.15, 0.2) is 101 Å². The summed E-state index contributed by atoms with van der Waals surface area (Å²) in [5.41, 5.74) is 1.47. The van der Waals surface area contributed by atoms with Crippen molar-refractivity contribution in [1.29, 1.82) is 0 Å². The zero-order valence-electron chi connectivity index (χ0n) is 15.4. The SMILES string of the molecule is O=S(=O)(c1ccccc1)C(Cc1c[nH]c2ccccc12)S(=O)(=O)c1ccccc1. The molecule has 4 rings (SSSR count). The Morgan fingerprint density at radius 1 is 0.655 bits per heavy atom. The molecule has 0 unspecified atom stereocenters. The molecule has 0 spiro atoms. The maximum atomic E-state index is 13.4. The Hall–Kier alpha value is -2.90. The Morgan fingerprint density at radius 3 is 1.69 bits per heavy atom. The fourth-order valence-corrected chi connectivity index (χ4v) is 7.87. The standard InChI is InChI=1S/C22H19NO4S2/c24-28(25,18-9-3-1-4-10-18)22(29(26,27)19-11-5-2-6-12-19)15-17-16-23-21-14-8-7-13-20(17)21/h1-14,16,22-23H,15H2. The first-order valence-electron chi connectivity index (χ1n) is 9.03. The fraction of sp³-hybridized carbons (Fsp3) is 0.0909. The molecule has 4 aromatic rings. The first-order chi connectivity index (χ1) is 13.9. The molecule has 5 nitrogen and oxygen atoms in total. The van der Waals surface area contributed by atoms with E-state index >= 15 is 0 Å². The number of fused-ring (bicyclic) bond motifs is 1. The van der Waals surface area contributed by atoms with Crippen LogP contribution in [0.25, 0.3) is 10.9 Å². The van der Waals surface area contributed by atoms with Crippen LogP contribution in [0.4, 0.5) is 0 Å². The zero-order valence-corrected chi connectivity index (χ0v) is 17.0. The molecule has 7 heteroatoms. The average molecular weight is 426 g/mol. The number of benzene rings is 3. The number of H-pyrrole nitrogens is 1. The summed E-state index contributed by atoms with van der Waals surface area (Å²) in [6.07, 6.45) is 1.52. The van der Waals surface area contributed by atoms with Gasteiger partial charge < -0.3 is 4.98 Å². The molecule has 0 radical (unpaired) electrons. The monoisotopic (exact) mass is 425 g/mol. The normalized spacial score (nSPS) is 12.4. The van der Waals surface area contributed by atoms with Crippen molar-refractivity contribution in [2.24, 2.45) is 0 Å². The highest BCUT2D eigenvalue weighted by atomic mass is 32.3. The molecule has 1 heterocycles. The first kappa shape index (κ1) is 19.4. The van der Waals surface area contributed by atoms with Gasteiger partial charge in [0.25, 0.3) is 0 Å². The van der Waals surface area contributed by atoms with E-state index in [1.54, 1.807) is 42.6 Å². The Bertz CT molecular complexity index is 1270. The van der Waals surface area contributed by atoms with Gasteiger partial charge in [-0.15, -0.1) is 0 Å². The van der Waals surface area contributed by atoms with Crippen molar-refractivity contribution >= 4 is 30.6 Å². The molecule has 1 N–H and O–H groups in total. The summed E-state index contributed by atoms with van der Waals surface area (Å²) in [5, 5.41) is 0.809. The van der Waals surface area contributed by atoms with E-state index in [9.17, 15) is 16.8 Å². The van der Waals surface area contributed by atoms with Gasteiger partial charge in [0.2, 0.25) is 0 Å². The predicted molar refractivity (Wildman–Crippen MR) is 113 cm³/mol. The van der Waals surface area contributed by atoms with Gasteiger partial charge in [0, 0.05) is 23.5 Å². The number of aromatic nitrogens is 1. The molecular formula is C22H19NO4S2. The van der Waals surface area contributed by atoms with Crippen molar-refractivity contribution in [3.05, 3.63) is 96.7 Å². The van der Waals surface area contributed by atoms with Crippen molar-refractivity contribution < 1.29 is 16.8 Å². The summed E-state index contributed by atoms with van der Waals surface area (Å²) in [5.74, 6) is 0. The number of rotatable bonds is 6. The molecule has 0 aliphatic rings. The summed E-state index contributed by atoms with van der Waals surface area (Å²) in [6, 6.07) is 22.9. The summed E-state index contributed by atoms with van der Waals surface area (Å²) in [6.45, 7) is 0.